The maximum absolute atomic E-state index is 6.10. The number of ether oxygens (including phenoxy) is 3. The highest BCUT2D eigenvalue weighted by atomic mass is 16.5. The van der Waals surface area contributed by atoms with E-state index in [1.165, 1.54) is 5.56 Å². The van der Waals surface area contributed by atoms with E-state index in [2.05, 4.69) is 18.3 Å². The maximum atomic E-state index is 6.10. The topological polar surface area (TPSA) is 39.7 Å². The van der Waals surface area contributed by atoms with E-state index in [1.807, 2.05) is 18.2 Å². The quantitative estimate of drug-likeness (QED) is 0.800. The normalized spacial score (nSPS) is 17.6. The fourth-order valence-corrected chi connectivity index (χ4v) is 2.61. The van der Waals surface area contributed by atoms with E-state index in [9.17, 15) is 0 Å². The first-order valence-electron chi connectivity index (χ1n) is 7.90. The molecular weight excluding hydrogens is 266 g/mol. The lowest BCUT2D eigenvalue weighted by atomic mass is 10.1. The average Bonchev–Trinajstić information content (AvgIpc) is 2.56. The van der Waals surface area contributed by atoms with Crippen LogP contribution in [-0.4, -0.2) is 39.6 Å². The van der Waals surface area contributed by atoms with Gasteiger partial charge in [0.2, 0.25) is 0 Å². The number of hydrogen-bond donors (Lipinski definition) is 1. The van der Waals surface area contributed by atoms with Gasteiger partial charge >= 0.3 is 0 Å². The van der Waals surface area contributed by atoms with Gasteiger partial charge in [0, 0.05) is 18.8 Å². The largest absolute Gasteiger partial charge is 0.496 e. The molecule has 1 N–H and O–H groups in total. The lowest BCUT2D eigenvalue weighted by molar-refractivity contribution is -0.0384. The molecular formula is C17H27NO3. The van der Waals surface area contributed by atoms with Gasteiger partial charge in [0.25, 0.3) is 0 Å². The lowest BCUT2D eigenvalue weighted by Gasteiger charge is -2.26. The van der Waals surface area contributed by atoms with Crippen LogP contribution in [0.2, 0.25) is 0 Å². The SMILES string of the molecule is CCCNC(COC1CCOCC1)c1ccccc1OC. The van der Waals surface area contributed by atoms with E-state index in [1.54, 1.807) is 7.11 Å². The monoisotopic (exact) mass is 293 g/mol. The van der Waals surface area contributed by atoms with Crippen LogP contribution in [-0.2, 0) is 9.47 Å². The molecule has 1 heterocycles. The zero-order chi connectivity index (χ0) is 14.9. The van der Waals surface area contributed by atoms with Crippen molar-refractivity contribution in [2.45, 2.75) is 38.3 Å². The second-order valence-electron chi connectivity index (χ2n) is 5.39. The molecule has 1 aliphatic heterocycles. The van der Waals surface area contributed by atoms with Crippen LogP contribution in [0.3, 0.4) is 0 Å². The van der Waals surface area contributed by atoms with Crippen molar-refractivity contribution in [3.05, 3.63) is 29.8 Å². The molecule has 0 bridgehead atoms. The number of rotatable bonds is 8. The molecule has 0 saturated carbocycles. The van der Waals surface area contributed by atoms with Crippen LogP contribution in [0, 0.1) is 0 Å². The second kappa shape index (κ2) is 9.03. The van der Waals surface area contributed by atoms with E-state index in [-0.39, 0.29) is 6.04 Å². The fourth-order valence-electron chi connectivity index (χ4n) is 2.61. The molecule has 1 aliphatic rings. The van der Waals surface area contributed by atoms with Crippen LogP contribution in [0.1, 0.15) is 37.8 Å². The van der Waals surface area contributed by atoms with Crippen LogP contribution in [0.25, 0.3) is 0 Å². The summed E-state index contributed by atoms with van der Waals surface area (Å²) in [4.78, 5) is 0. The van der Waals surface area contributed by atoms with Crippen molar-refractivity contribution in [2.75, 3.05) is 33.5 Å². The van der Waals surface area contributed by atoms with Gasteiger partial charge in [0.1, 0.15) is 5.75 Å². The summed E-state index contributed by atoms with van der Waals surface area (Å²) in [7, 11) is 1.72. The number of benzene rings is 1. The van der Waals surface area contributed by atoms with E-state index >= 15 is 0 Å². The number of methoxy groups -OCH3 is 1. The highest BCUT2D eigenvalue weighted by molar-refractivity contribution is 5.36. The summed E-state index contributed by atoms with van der Waals surface area (Å²) in [5.41, 5.74) is 1.17. The standard InChI is InChI=1S/C17H27NO3/c1-3-10-18-16(13-21-14-8-11-20-12-9-14)15-6-4-5-7-17(15)19-2/h4-7,14,16,18H,3,8-13H2,1-2H3. The number of nitrogens with one attached hydrogen (secondary N) is 1. The maximum Gasteiger partial charge on any atom is 0.123 e. The van der Waals surface area contributed by atoms with Gasteiger partial charge in [-0.15, -0.1) is 0 Å². The molecule has 4 heteroatoms. The van der Waals surface area contributed by atoms with Crippen molar-refractivity contribution < 1.29 is 14.2 Å². The molecule has 1 aromatic rings. The zero-order valence-corrected chi connectivity index (χ0v) is 13.1. The Balaban J connectivity index is 1.99. The zero-order valence-electron chi connectivity index (χ0n) is 13.1. The Morgan fingerprint density at radius 3 is 2.76 bits per heavy atom. The molecule has 4 nitrogen and oxygen atoms in total. The first kappa shape index (κ1) is 16.3. The molecule has 118 valence electrons. The van der Waals surface area contributed by atoms with Gasteiger partial charge in [-0.2, -0.15) is 0 Å². The Bertz CT molecular complexity index is 405. The van der Waals surface area contributed by atoms with Crippen LogP contribution in [0.5, 0.6) is 5.75 Å². The fraction of sp³-hybridized carbons (Fsp3) is 0.647. The Kier molecular flexibility index (Phi) is 7.00. The third kappa shape index (κ3) is 4.99. The summed E-state index contributed by atoms with van der Waals surface area (Å²) in [5, 5.41) is 3.56. The van der Waals surface area contributed by atoms with Gasteiger partial charge in [-0.25, -0.2) is 0 Å². The smallest absolute Gasteiger partial charge is 0.123 e. The summed E-state index contributed by atoms with van der Waals surface area (Å²) in [6.45, 7) is 5.44. The molecule has 21 heavy (non-hydrogen) atoms. The summed E-state index contributed by atoms with van der Waals surface area (Å²) in [6.07, 6.45) is 3.40. The van der Waals surface area contributed by atoms with Crippen molar-refractivity contribution in [3.63, 3.8) is 0 Å². The van der Waals surface area contributed by atoms with Crippen molar-refractivity contribution in [1.82, 2.24) is 5.32 Å². The summed E-state index contributed by atoms with van der Waals surface area (Å²) in [5.74, 6) is 0.918. The Morgan fingerprint density at radius 1 is 1.29 bits per heavy atom. The van der Waals surface area contributed by atoms with Gasteiger partial charge in [0.05, 0.1) is 25.9 Å². The number of para-hydroxylation sites is 1. The van der Waals surface area contributed by atoms with Gasteiger partial charge in [0.15, 0.2) is 0 Å². The van der Waals surface area contributed by atoms with Gasteiger partial charge in [-0.05, 0) is 31.9 Å². The van der Waals surface area contributed by atoms with E-state index < -0.39 is 0 Å². The highest BCUT2D eigenvalue weighted by Crippen LogP contribution is 2.26. The molecule has 1 unspecified atom stereocenters. The molecule has 0 radical (unpaired) electrons. The van der Waals surface area contributed by atoms with Crippen molar-refractivity contribution in [1.29, 1.82) is 0 Å². The predicted molar refractivity (Wildman–Crippen MR) is 83.8 cm³/mol. The summed E-state index contributed by atoms with van der Waals surface area (Å²) in [6, 6.07) is 8.33. The third-order valence-corrected chi connectivity index (χ3v) is 3.82. The Labute approximate surface area is 127 Å². The lowest BCUT2D eigenvalue weighted by Crippen LogP contribution is -2.31. The van der Waals surface area contributed by atoms with Crippen LogP contribution < -0.4 is 10.1 Å². The molecule has 1 saturated heterocycles. The van der Waals surface area contributed by atoms with E-state index in [4.69, 9.17) is 14.2 Å². The minimum atomic E-state index is 0.170. The second-order valence-corrected chi connectivity index (χ2v) is 5.39. The third-order valence-electron chi connectivity index (χ3n) is 3.82. The van der Waals surface area contributed by atoms with Crippen LogP contribution >= 0.6 is 0 Å². The van der Waals surface area contributed by atoms with Crippen molar-refractivity contribution in [2.24, 2.45) is 0 Å². The molecule has 0 spiro atoms. The average molecular weight is 293 g/mol. The molecule has 0 amide bonds. The Morgan fingerprint density at radius 2 is 2.05 bits per heavy atom. The van der Waals surface area contributed by atoms with Crippen molar-refractivity contribution in [3.8, 4) is 5.75 Å². The minimum Gasteiger partial charge on any atom is -0.496 e. The predicted octanol–water partition coefficient (Wildman–Crippen LogP) is 2.93. The van der Waals surface area contributed by atoms with Gasteiger partial charge < -0.3 is 19.5 Å². The summed E-state index contributed by atoms with van der Waals surface area (Å²) < 4.78 is 17.0. The molecule has 2 rings (SSSR count). The molecule has 0 aromatic heterocycles. The van der Waals surface area contributed by atoms with E-state index in [0.29, 0.717) is 12.7 Å². The Hall–Kier alpha value is -1.10. The highest BCUT2D eigenvalue weighted by Gasteiger charge is 2.19. The molecule has 1 fully saturated rings. The minimum absolute atomic E-state index is 0.170. The van der Waals surface area contributed by atoms with Gasteiger partial charge in [-0.3, -0.25) is 0 Å². The van der Waals surface area contributed by atoms with Crippen LogP contribution in [0.4, 0.5) is 0 Å². The number of hydrogen-bond acceptors (Lipinski definition) is 4. The van der Waals surface area contributed by atoms with Gasteiger partial charge in [-0.1, -0.05) is 25.1 Å². The van der Waals surface area contributed by atoms with E-state index in [0.717, 1.165) is 44.8 Å². The van der Waals surface area contributed by atoms with Crippen LogP contribution in [0.15, 0.2) is 24.3 Å². The van der Waals surface area contributed by atoms with Crippen molar-refractivity contribution >= 4 is 0 Å². The molecule has 1 aromatic carbocycles. The first-order chi connectivity index (χ1) is 10.3. The summed E-state index contributed by atoms with van der Waals surface area (Å²) >= 11 is 0. The molecule has 0 aliphatic carbocycles. The molecule has 1 atom stereocenters. The first-order valence-corrected chi connectivity index (χ1v) is 7.90.